The summed E-state index contributed by atoms with van der Waals surface area (Å²) in [6, 6.07) is 9.81. The molecule has 0 heterocycles. The van der Waals surface area contributed by atoms with Gasteiger partial charge in [-0.1, -0.05) is 18.2 Å². The first-order chi connectivity index (χ1) is 10.9. The van der Waals surface area contributed by atoms with E-state index < -0.39 is 11.7 Å². The van der Waals surface area contributed by atoms with E-state index in [-0.39, 0.29) is 17.2 Å². The number of alkyl halides is 3. The van der Waals surface area contributed by atoms with Gasteiger partial charge in [0.2, 0.25) is 0 Å². The van der Waals surface area contributed by atoms with E-state index in [0.29, 0.717) is 12.2 Å². The molecular formula is C16H15F3N2O2. The Morgan fingerprint density at radius 2 is 1.91 bits per heavy atom. The molecule has 0 aliphatic heterocycles. The van der Waals surface area contributed by atoms with Crippen LogP contribution in [-0.4, -0.2) is 17.9 Å². The van der Waals surface area contributed by atoms with Gasteiger partial charge in [0.15, 0.2) is 11.5 Å². The summed E-state index contributed by atoms with van der Waals surface area (Å²) in [7, 11) is 0. The minimum atomic E-state index is -4.48. The molecular weight excluding hydrogens is 309 g/mol. The van der Waals surface area contributed by atoms with Gasteiger partial charge < -0.3 is 9.84 Å². The van der Waals surface area contributed by atoms with Gasteiger partial charge in [0.1, 0.15) is 0 Å². The molecule has 23 heavy (non-hydrogen) atoms. The van der Waals surface area contributed by atoms with Crippen LogP contribution in [0.3, 0.4) is 0 Å². The summed E-state index contributed by atoms with van der Waals surface area (Å²) in [5, 5.41) is 13.7. The third kappa shape index (κ3) is 4.15. The molecule has 0 aliphatic rings. The van der Waals surface area contributed by atoms with Crippen molar-refractivity contribution < 1.29 is 23.0 Å². The van der Waals surface area contributed by atoms with Gasteiger partial charge in [-0.15, -0.1) is 0 Å². The minimum absolute atomic E-state index is 0.121. The predicted octanol–water partition coefficient (Wildman–Crippen LogP) is 4.26. The Balaban J connectivity index is 2.19. The minimum Gasteiger partial charge on any atom is -0.504 e. The molecule has 0 unspecified atom stereocenters. The zero-order valence-electron chi connectivity index (χ0n) is 12.3. The third-order valence-corrected chi connectivity index (χ3v) is 2.95. The summed E-state index contributed by atoms with van der Waals surface area (Å²) in [6.45, 7) is 2.15. The number of halogens is 3. The van der Waals surface area contributed by atoms with E-state index in [2.05, 4.69) is 10.5 Å². The van der Waals surface area contributed by atoms with Gasteiger partial charge in [-0.25, -0.2) is 0 Å². The zero-order chi connectivity index (χ0) is 16.9. The number of hydrogen-bond donors (Lipinski definition) is 2. The summed E-state index contributed by atoms with van der Waals surface area (Å²) in [5.41, 5.74) is 1.69. The highest BCUT2D eigenvalue weighted by molar-refractivity contribution is 5.85. The lowest BCUT2D eigenvalue weighted by atomic mass is 10.2. The molecule has 0 aromatic heterocycles. The molecule has 0 saturated carbocycles. The van der Waals surface area contributed by atoms with Crippen LogP contribution in [0.15, 0.2) is 47.6 Å². The van der Waals surface area contributed by atoms with Gasteiger partial charge in [0, 0.05) is 5.56 Å². The Hall–Kier alpha value is -2.70. The second-order valence-corrected chi connectivity index (χ2v) is 4.54. The fourth-order valence-electron chi connectivity index (χ4n) is 1.91. The number of hydrazone groups is 1. The van der Waals surface area contributed by atoms with Crippen molar-refractivity contribution in [3.8, 4) is 11.5 Å². The molecule has 0 atom stereocenters. The molecule has 0 fully saturated rings. The largest absolute Gasteiger partial charge is 0.504 e. The fraction of sp³-hybridized carbons (Fsp3) is 0.188. The molecule has 122 valence electrons. The monoisotopic (exact) mass is 324 g/mol. The number of rotatable bonds is 5. The molecule has 2 N–H and O–H groups in total. The van der Waals surface area contributed by atoms with Gasteiger partial charge in [-0.05, 0) is 31.2 Å². The number of para-hydroxylation sites is 2. The summed E-state index contributed by atoms with van der Waals surface area (Å²) in [5.74, 6) is 0.163. The van der Waals surface area contributed by atoms with Crippen LogP contribution < -0.4 is 10.2 Å². The Labute approximate surface area is 131 Å². The number of phenolic OH excluding ortho intramolecular Hbond substituents is 1. The van der Waals surface area contributed by atoms with Crippen molar-refractivity contribution >= 4 is 11.9 Å². The zero-order valence-corrected chi connectivity index (χ0v) is 12.3. The normalized spacial score (nSPS) is 11.7. The first-order valence-corrected chi connectivity index (χ1v) is 6.83. The maximum absolute atomic E-state index is 12.9. The average Bonchev–Trinajstić information content (AvgIpc) is 2.50. The topological polar surface area (TPSA) is 53.8 Å². The summed E-state index contributed by atoms with van der Waals surface area (Å²) < 4.78 is 43.8. The molecule has 0 saturated heterocycles. The lowest BCUT2D eigenvalue weighted by Crippen LogP contribution is -2.08. The quantitative estimate of drug-likeness (QED) is 0.638. The van der Waals surface area contributed by atoms with Crippen LogP contribution in [0.5, 0.6) is 11.5 Å². The Morgan fingerprint density at radius 1 is 1.17 bits per heavy atom. The van der Waals surface area contributed by atoms with Gasteiger partial charge in [0.05, 0.1) is 24.1 Å². The van der Waals surface area contributed by atoms with Crippen LogP contribution in [0.4, 0.5) is 18.9 Å². The maximum atomic E-state index is 12.9. The van der Waals surface area contributed by atoms with Gasteiger partial charge in [0.25, 0.3) is 0 Å². The standard InChI is InChI=1S/C16H15F3N2O2/c1-2-23-14-9-5-6-11(15(14)22)10-20-21-13-8-4-3-7-12(13)16(17,18)19/h3-10,21-22H,2H2,1H3/b20-10+. The lowest BCUT2D eigenvalue weighted by molar-refractivity contribution is -0.136. The molecule has 4 nitrogen and oxygen atoms in total. The smallest absolute Gasteiger partial charge is 0.418 e. The van der Waals surface area contributed by atoms with E-state index in [9.17, 15) is 18.3 Å². The van der Waals surface area contributed by atoms with Crippen molar-refractivity contribution in [2.45, 2.75) is 13.1 Å². The van der Waals surface area contributed by atoms with Crippen molar-refractivity contribution in [2.75, 3.05) is 12.0 Å². The number of hydrogen-bond acceptors (Lipinski definition) is 4. The van der Waals surface area contributed by atoms with E-state index in [4.69, 9.17) is 4.74 Å². The highest BCUT2D eigenvalue weighted by Crippen LogP contribution is 2.34. The van der Waals surface area contributed by atoms with E-state index >= 15 is 0 Å². The maximum Gasteiger partial charge on any atom is 0.418 e. The molecule has 2 aromatic rings. The van der Waals surface area contributed by atoms with Crippen molar-refractivity contribution in [3.63, 3.8) is 0 Å². The first-order valence-electron chi connectivity index (χ1n) is 6.83. The van der Waals surface area contributed by atoms with Crippen molar-refractivity contribution in [1.29, 1.82) is 0 Å². The molecule has 0 bridgehead atoms. The summed E-state index contributed by atoms with van der Waals surface area (Å²) in [4.78, 5) is 0. The second kappa shape index (κ2) is 7.04. The van der Waals surface area contributed by atoms with Crippen LogP contribution in [0.1, 0.15) is 18.1 Å². The fourth-order valence-corrected chi connectivity index (χ4v) is 1.91. The Kier molecular flexibility index (Phi) is 5.10. The van der Waals surface area contributed by atoms with Gasteiger partial charge >= 0.3 is 6.18 Å². The molecule has 2 rings (SSSR count). The van der Waals surface area contributed by atoms with Crippen LogP contribution in [0, 0.1) is 0 Å². The van der Waals surface area contributed by atoms with Crippen molar-refractivity contribution in [3.05, 3.63) is 53.6 Å². The highest BCUT2D eigenvalue weighted by atomic mass is 19.4. The van der Waals surface area contributed by atoms with Crippen LogP contribution in [0.2, 0.25) is 0 Å². The van der Waals surface area contributed by atoms with Crippen molar-refractivity contribution in [1.82, 2.24) is 0 Å². The number of ether oxygens (including phenoxy) is 1. The van der Waals surface area contributed by atoms with Gasteiger partial charge in [-0.3, -0.25) is 5.43 Å². The third-order valence-electron chi connectivity index (χ3n) is 2.95. The number of aromatic hydroxyl groups is 1. The van der Waals surface area contributed by atoms with Crippen LogP contribution >= 0.6 is 0 Å². The Bertz CT molecular complexity index is 700. The second-order valence-electron chi connectivity index (χ2n) is 4.54. The van der Waals surface area contributed by atoms with E-state index in [0.717, 1.165) is 6.07 Å². The highest BCUT2D eigenvalue weighted by Gasteiger charge is 2.33. The first kappa shape index (κ1) is 16.7. The van der Waals surface area contributed by atoms with E-state index in [1.54, 1.807) is 25.1 Å². The molecule has 2 aromatic carbocycles. The number of nitrogens with zero attached hydrogens (tertiary/aromatic N) is 1. The SMILES string of the molecule is CCOc1cccc(/C=N/Nc2ccccc2C(F)(F)F)c1O. The number of phenols is 1. The van der Waals surface area contributed by atoms with E-state index in [1.165, 1.54) is 24.4 Å². The van der Waals surface area contributed by atoms with Crippen LogP contribution in [-0.2, 0) is 6.18 Å². The van der Waals surface area contributed by atoms with E-state index in [1.807, 2.05) is 0 Å². The summed E-state index contributed by atoms with van der Waals surface area (Å²) in [6.07, 6.45) is -3.25. The number of benzene rings is 2. The lowest BCUT2D eigenvalue weighted by Gasteiger charge is -2.11. The molecule has 0 aliphatic carbocycles. The number of nitrogens with one attached hydrogen (secondary N) is 1. The molecule has 7 heteroatoms. The summed E-state index contributed by atoms with van der Waals surface area (Å²) >= 11 is 0. The van der Waals surface area contributed by atoms with Crippen LogP contribution in [0.25, 0.3) is 0 Å². The molecule has 0 radical (unpaired) electrons. The molecule has 0 spiro atoms. The van der Waals surface area contributed by atoms with Gasteiger partial charge in [-0.2, -0.15) is 18.3 Å². The van der Waals surface area contributed by atoms with Crippen molar-refractivity contribution in [2.24, 2.45) is 5.10 Å². The predicted molar refractivity (Wildman–Crippen MR) is 81.9 cm³/mol. The average molecular weight is 324 g/mol. The molecule has 0 amide bonds. The number of anilines is 1. The Morgan fingerprint density at radius 3 is 2.61 bits per heavy atom.